The van der Waals surface area contributed by atoms with E-state index in [0.29, 0.717) is 43.7 Å². The van der Waals surface area contributed by atoms with E-state index >= 15 is 0 Å². The molecule has 3 N–H and O–H groups in total. The number of aromatic amines is 1. The van der Waals surface area contributed by atoms with Crippen LogP contribution in [0.15, 0.2) is 35.1 Å². The minimum absolute atomic E-state index is 0. The lowest BCUT2D eigenvalue weighted by molar-refractivity contribution is -0.131. The van der Waals surface area contributed by atoms with Gasteiger partial charge in [-0.25, -0.2) is 4.98 Å². The lowest BCUT2D eigenvalue weighted by Gasteiger charge is -2.22. The molecule has 0 aliphatic heterocycles. The van der Waals surface area contributed by atoms with Crippen LogP contribution in [0.25, 0.3) is 10.2 Å². The third-order valence-electron chi connectivity index (χ3n) is 4.93. The number of nitrogens with two attached hydrogens (primary N) is 1. The maximum absolute atomic E-state index is 12.7. The summed E-state index contributed by atoms with van der Waals surface area (Å²) in [7, 11) is 0. The number of aryl methyl sites for hydroxylation is 3. The first kappa shape index (κ1) is 23.1. The number of rotatable bonds is 8. The number of H-pyrrole nitrogens is 1. The van der Waals surface area contributed by atoms with Crippen LogP contribution in [0.1, 0.15) is 28.2 Å². The highest BCUT2D eigenvalue weighted by atomic mass is 35.5. The van der Waals surface area contributed by atoms with Crippen molar-refractivity contribution in [1.82, 2.24) is 14.9 Å². The summed E-state index contributed by atoms with van der Waals surface area (Å²) in [5.74, 6) is 0.588. The molecule has 6 nitrogen and oxygen atoms in total. The van der Waals surface area contributed by atoms with Gasteiger partial charge in [0.05, 0.1) is 5.39 Å². The molecule has 2 heterocycles. The van der Waals surface area contributed by atoms with Gasteiger partial charge in [-0.15, -0.1) is 23.7 Å². The van der Waals surface area contributed by atoms with E-state index in [0.717, 1.165) is 21.7 Å². The number of thiophene rings is 1. The summed E-state index contributed by atoms with van der Waals surface area (Å²) >= 11 is 1.52. The number of hydrogen-bond donors (Lipinski definition) is 2. The molecule has 3 aromatic rings. The summed E-state index contributed by atoms with van der Waals surface area (Å²) in [5, 5.41) is 0.658. The summed E-state index contributed by atoms with van der Waals surface area (Å²) in [4.78, 5) is 36.1. The van der Waals surface area contributed by atoms with Crippen molar-refractivity contribution in [3.8, 4) is 0 Å². The van der Waals surface area contributed by atoms with Crippen molar-refractivity contribution in [3.63, 3.8) is 0 Å². The zero-order chi connectivity index (χ0) is 20.1. The number of benzene rings is 1. The van der Waals surface area contributed by atoms with Gasteiger partial charge in [-0.2, -0.15) is 0 Å². The van der Waals surface area contributed by atoms with Crippen molar-refractivity contribution in [2.75, 3.05) is 19.6 Å². The molecule has 0 saturated heterocycles. The number of hydrogen-bond acceptors (Lipinski definition) is 5. The highest BCUT2D eigenvalue weighted by molar-refractivity contribution is 7.18. The van der Waals surface area contributed by atoms with E-state index in [4.69, 9.17) is 5.73 Å². The lowest BCUT2D eigenvalue weighted by Crippen LogP contribution is -2.37. The van der Waals surface area contributed by atoms with Gasteiger partial charge in [0, 0.05) is 37.4 Å². The molecule has 0 aliphatic carbocycles. The van der Waals surface area contributed by atoms with E-state index in [-0.39, 0.29) is 23.9 Å². The third-order valence-corrected chi connectivity index (χ3v) is 6.03. The van der Waals surface area contributed by atoms with E-state index in [9.17, 15) is 9.59 Å². The summed E-state index contributed by atoms with van der Waals surface area (Å²) < 4.78 is 0. The SMILES string of the molecule is Cc1sc2nc(CCC(=O)N(CCN)CCc3ccccc3)[nH]c(=O)c2c1C.Cl. The Bertz CT molecular complexity index is 1020. The van der Waals surface area contributed by atoms with Gasteiger partial charge in [0.15, 0.2) is 0 Å². The Balaban J connectivity index is 0.00000300. The Labute approximate surface area is 180 Å². The van der Waals surface area contributed by atoms with Crippen molar-refractivity contribution >= 4 is 39.9 Å². The summed E-state index contributed by atoms with van der Waals surface area (Å²) in [6.45, 7) is 5.51. The van der Waals surface area contributed by atoms with Gasteiger partial charge in [0.25, 0.3) is 5.56 Å². The number of halogens is 1. The van der Waals surface area contributed by atoms with Crippen LogP contribution in [0.4, 0.5) is 0 Å². The minimum atomic E-state index is -0.128. The first-order valence-electron chi connectivity index (χ1n) is 9.50. The Kier molecular flexibility index (Phi) is 8.37. The van der Waals surface area contributed by atoms with Crippen LogP contribution in [-0.2, 0) is 17.6 Å². The van der Waals surface area contributed by atoms with Gasteiger partial charge < -0.3 is 15.6 Å². The van der Waals surface area contributed by atoms with Crippen molar-refractivity contribution in [2.45, 2.75) is 33.1 Å². The van der Waals surface area contributed by atoms with Gasteiger partial charge in [-0.1, -0.05) is 30.3 Å². The first-order valence-corrected chi connectivity index (χ1v) is 10.3. The number of fused-ring (bicyclic) bond motifs is 1. The fourth-order valence-electron chi connectivity index (χ4n) is 3.23. The van der Waals surface area contributed by atoms with Gasteiger partial charge in [-0.3, -0.25) is 9.59 Å². The molecular weight excluding hydrogens is 408 g/mol. The van der Waals surface area contributed by atoms with Crippen LogP contribution in [0.2, 0.25) is 0 Å². The van der Waals surface area contributed by atoms with Crippen molar-refractivity contribution in [2.24, 2.45) is 5.73 Å². The predicted octanol–water partition coefficient (Wildman–Crippen LogP) is 2.99. The average Bonchev–Trinajstić information content (AvgIpc) is 2.98. The Morgan fingerprint density at radius 3 is 2.59 bits per heavy atom. The van der Waals surface area contributed by atoms with Crippen molar-refractivity contribution in [1.29, 1.82) is 0 Å². The first-order chi connectivity index (χ1) is 13.5. The maximum Gasteiger partial charge on any atom is 0.259 e. The zero-order valence-electron chi connectivity index (χ0n) is 16.7. The molecule has 156 valence electrons. The molecule has 1 amide bonds. The van der Waals surface area contributed by atoms with Crippen LogP contribution in [0.5, 0.6) is 0 Å². The zero-order valence-corrected chi connectivity index (χ0v) is 18.4. The highest BCUT2D eigenvalue weighted by Crippen LogP contribution is 2.25. The smallest absolute Gasteiger partial charge is 0.259 e. The molecule has 0 atom stereocenters. The predicted molar refractivity (Wildman–Crippen MR) is 121 cm³/mol. The Morgan fingerprint density at radius 1 is 1.17 bits per heavy atom. The van der Waals surface area contributed by atoms with Gasteiger partial charge in [-0.05, 0) is 31.4 Å². The molecule has 0 spiro atoms. The molecule has 8 heteroatoms. The Morgan fingerprint density at radius 2 is 1.90 bits per heavy atom. The fourth-order valence-corrected chi connectivity index (χ4v) is 4.28. The lowest BCUT2D eigenvalue weighted by atomic mass is 10.1. The molecule has 3 rings (SSSR count). The minimum Gasteiger partial charge on any atom is -0.341 e. The number of aromatic nitrogens is 2. The second-order valence-corrected chi connectivity index (χ2v) is 8.08. The van der Waals surface area contributed by atoms with Crippen LogP contribution in [0, 0.1) is 13.8 Å². The average molecular weight is 435 g/mol. The van der Waals surface area contributed by atoms with E-state index in [1.165, 1.54) is 16.9 Å². The molecule has 2 aromatic heterocycles. The molecule has 0 unspecified atom stereocenters. The van der Waals surface area contributed by atoms with Crippen LogP contribution < -0.4 is 11.3 Å². The monoisotopic (exact) mass is 434 g/mol. The number of amides is 1. The molecule has 0 bridgehead atoms. The van der Waals surface area contributed by atoms with Crippen LogP contribution in [0.3, 0.4) is 0 Å². The van der Waals surface area contributed by atoms with Gasteiger partial charge >= 0.3 is 0 Å². The topological polar surface area (TPSA) is 92.1 Å². The fraction of sp³-hybridized carbons (Fsp3) is 0.381. The normalized spacial score (nSPS) is 10.7. The second kappa shape index (κ2) is 10.5. The summed E-state index contributed by atoms with van der Waals surface area (Å²) in [6, 6.07) is 10.1. The van der Waals surface area contributed by atoms with E-state index < -0.39 is 0 Å². The van der Waals surface area contributed by atoms with Crippen LogP contribution >= 0.6 is 23.7 Å². The number of nitrogens with zero attached hydrogens (tertiary/aromatic N) is 2. The van der Waals surface area contributed by atoms with Gasteiger partial charge in [0.2, 0.25) is 5.91 Å². The van der Waals surface area contributed by atoms with Crippen molar-refractivity contribution < 1.29 is 4.79 Å². The Hall–Kier alpha value is -2.22. The van der Waals surface area contributed by atoms with Crippen LogP contribution in [-0.4, -0.2) is 40.4 Å². The van der Waals surface area contributed by atoms with Crippen molar-refractivity contribution in [3.05, 3.63) is 62.5 Å². The number of nitrogens with one attached hydrogen (secondary N) is 1. The maximum atomic E-state index is 12.7. The van der Waals surface area contributed by atoms with E-state index in [2.05, 4.69) is 22.1 Å². The van der Waals surface area contributed by atoms with Gasteiger partial charge in [0.1, 0.15) is 10.7 Å². The summed E-state index contributed by atoms with van der Waals surface area (Å²) in [6.07, 6.45) is 1.50. The molecule has 0 fully saturated rings. The molecule has 0 saturated carbocycles. The molecule has 29 heavy (non-hydrogen) atoms. The number of carbonyl (C=O) groups excluding carboxylic acids is 1. The van der Waals surface area contributed by atoms with E-state index in [1.807, 2.05) is 32.0 Å². The number of carbonyl (C=O) groups is 1. The molecule has 1 aromatic carbocycles. The highest BCUT2D eigenvalue weighted by Gasteiger charge is 2.15. The molecular formula is C21H27ClN4O2S. The quantitative estimate of drug-likeness (QED) is 0.570. The second-order valence-electron chi connectivity index (χ2n) is 6.88. The largest absolute Gasteiger partial charge is 0.341 e. The summed E-state index contributed by atoms with van der Waals surface area (Å²) in [5.41, 5.74) is 7.73. The molecule has 0 radical (unpaired) electrons. The standard InChI is InChI=1S/C21H26N4O2S.ClH/c1-14-15(2)28-21-19(14)20(27)23-17(24-21)8-9-18(26)25(13-11-22)12-10-16-6-4-3-5-7-16;/h3-7H,8-13,22H2,1-2H3,(H,23,24,27);1H. The third kappa shape index (κ3) is 5.65. The molecule has 0 aliphatic rings. The van der Waals surface area contributed by atoms with E-state index in [1.54, 1.807) is 4.90 Å².